The average Bonchev–Trinajstić information content (AvgIpc) is 2.93. The third kappa shape index (κ3) is 2.10. The quantitative estimate of drug-likeness (QED) is 0.730. The van der Waals surface area contributed by atoms with E-state index in [0.29, 0.717) is 11.1 Å². The van der Waals surface area contributed by atoms with Crippen molar-refractivity contribution in [2.75, 3.05) is 0 Å². The van der Waals surface area contributed by atoms with Crippen LogP contribution in [-0.2, 0) is 10.0 Å². The largest absolute Gasteiger partial charge is 0.268 e. The molecule has 1 heterocycles. The average molecular weight is 296 g/mol. The first kappa shape index (κ1) is 13.4. The normalized spacial score (nSPS) is 11.4. The summed E-state index contributed by atoms with van der Waals surface area (Å²) < 4.78 is 26.6. The number of fused-ring (bicyclic) bond motifs is 1. The van der Waals surface area contributed by atoms with Gasteiger partial charge in [0.2, 0.25) is 0 Å². The minimum absolute atomic E-state index is 0.225. The molecule has 4 nitrogen and oxygen atoms in total. The number of aryl methyl sites for hydroxylation is 1. The molecule has 0 amide bonds. The first-order chi connectivity index (χ1) is 10.0. The van der Waals surface area contributed by atoms with E-state index < -0.39 is 10.0 Å². The van der Waals surface area contributed by atoms with Gasteiger partial charge in [-0.1, -0.05) is 18.2 Å². The van der Waals surface area contributed by atoms with E-state index in [0.717, 1.165) is 10.9 Å². The number of nitrogens with zero attached hydrogens (tertiary/aromatic N) is 2. The Labute approximate surface area is 122 Å². The Morgan fingerprint density at radius 2 is 1.81 bits per heavy atom. The highest BCUT2D eigenvalue weighted by molar-refractivity contribution is 7.90. The maximum atomic E-state index is 12.7. The van der Waals surface area contributed by atoms with Gasteiger partial charge in [0, 0.05) is 11.6 Å². The maximum Gasteiger partial charge on any atom is 0.268 e. The second-order valence-electron chi connectivity index (χ2n) is 4.77. The number of rotatable bonds is 2. The van der Waals surface area contributed by atoms with Gasteiger partial charge in [-0.2, -0.15) is 5.26 Å². The zero-order valence-corrected chi connectivity index (χ0v) is 12.1. The topological polar surface area (TPSA) is 62.9 Å². The summed E-state index contributed by atoms with van der Waals surface area (Å²) in [7, 11) is -3.66. The maximum absolute atomic E-state index is 12.7. The summed E-state index contributed by atoms with van der Waals surface area (Å²) in [5.41, 5.74) is 1.85. The van der Waals surface area contributed by atoms with Crippen LogP contribution in [0.15, 0.2) is 59.6 Å². The molecule has 0 atom stereocenters. The Balaban J connectivity index is 2.32. The summed E-state index contributed by atoms with van der Waals surface area (Å²) in [6.07, 6.45) is 1.53. The lowest BCUT2D eigenvalue weighted by Crippen LogP contribution is -2.11. The third-order valence-electron chi connectivity index (χ3n) is 3.41. The summed E-state index contributed by atoms with van der Waals surface area (Å²) >= 11 is 0. The number of aromatic nitrogens is 1. The fraction of sp³-hybridized carbons (Fsp3) is 0.0625. The van der Waals surface area contributed by atoms with Crippen molar-refractivity contribution >= 4 is 20.9 Å². The highest BCUT2D eigenvalue weighted by Gasteiger charge is 2.19. The Kier molecular flexibility index (Phi) is 3.04. The van der Waals surface area contributed by atoms with Gasteiger partial charge in [-0.15, -0.1) is 0 Å². The molecule has 1 aromatic heterocycles. The fourth-order valence-electron chi connectivity index (χ4n) is 2.38. The monoisotopic (exact) mass is 296 g/mol. The molecule has 2 aromatic carbocycles. The van der Waals surface area contributed by atoms with E-state index >= 15 is 0 Å². The van der Waals surface area contributed by atoms with Gasteiger partial charge in [0.25, 0.3) is 10.0 Å². The van der Waals surface area contributed by atoms with Gasteiger partial charge < -0.3 is 0 Å². The van der Waals surface area contributed by atoms with Crippen LogP contribution < -0.4 is 0 Å². The highest BCUT2D eigenvalue weighted by Crippen LogP contribution is 2.25. The van der Waals surface area contributed by atoms with Gasteiger partial charge in [-0.05, 0) is 42.8 Å². The predicted molar refractivity (Wildman–Crippen MR) is 80.4 cm³/mol. The van der Waals surface area contributed by atoms with Crippen LogP contribution in [0.4, 0.5) is 0 Å². The summed E-state index contributed by atoms with van der Waals surface area (Å²) in [4.78, 5) is 0.225. The minimum atomic E-state index is -3.66. The lowest BCUT2D eigenvalue weighted by Gasteiger charge is -2.08. The molecule has 0 spiro atoms. The molecule has 0 bridgehead atoms. The van der Waals surface area contributed by atoms with E-state index in [1.165, 1.54) is 10.2 Å². The zero-order valence-electron chi connectivity index (χ0n) is 11.3. The van der Waals surface area contributed by atoms with Crippen molar-refractivity contribution in [3.05, 3.63) is 65.9 Å². The summed E-state index contributed by atoms with van der Waals surface area (Å²) in [6, 6.07) is 15.4. The Morgan fingerprint density at radius 1 is 1.10 bits per heavy atom. The Morgan fingerprint density at radius 3 is 2.48 bits per heavy atom. The van der Waals surface area contributed by atoms with Crippen molar-refractivity contribution in [2.24, 2.45) is 0 Å². The summed E-state index contributed by atoms with van der Waals surface area (Å²) in [5, 5.41) is 9.89. The SMILES string of the molecule is Cc1cc(C#N)cc2c1ccn2S(=O)(=O)c1ccccc1. The molecule has 0 unspecified atom stereocenters. The van der Waals surface area contributed by atoms with E-state index in [4.69, 9.17) is 5.26 Å². The molecule has 0 fully saturated rings. The first-order valence-electron chi connectivity index (χ1n) is 6.36. The highest BCUT2D eigenvalue weighted by atomic mass is 32.2. The van der Waals surface area contributed by atoms with E-state index in [-0.39, 0.29) is 4.90 Å². The zero-order chi connectivity index (χ0) is 15.0. The van der Waals surface area contributed by atoms with Crippen molar-refractivity contribution in [1.29, 1.82) is 5.26 Å². The van der Waals surface area contributed by atoms with Crippen molar-refractivity contribution in [1.82, 2.24) is 3.97 Å². The third-order valence-corrected chi connectivity index (χ3v) is 5.11. The second kappa shape index (κ2) is 4.76. The van der Waals surface area contributed by atoms with Crippen molar-refractivity contribution in [3.63, 3.8) is 0 Å². The number of hydrogen-bond donors (Lipinski definition) is 0. The van der Waals surface area contributed by atoms with Crippen LogP contribution in [0.5, 0.6) is 0 Å². The first-order valence-corrected chi connectivity index (χ1v) is 7.80. The van der Waals surface area contributed by atoms with Gasteiger partial charge in [0.1, 0.15) is 0 Å². The van der Waals surface area contributed by atoms with Gasteiger partial charge in [0.05, 0.1) is 22.0 Å². The standard InChI is InChI=1S/C16H12N2O2S/c1-12-9-13(11-17)10-16-15(12)7-8-18(16)21(19,20)14-5-3-2-4-6-14/h2-10H,1H3. The molecule has 5 heteroatoms. The lowest BCUT2D eigenvalue weighted by molar-refractivity contribution is 0.589. The van der Waals surface area contributed by atoms with Crippen LogP contribution in [0.3, 0.4) is 0 Å². The second-order valence-corrected chi connectivity index (χ2v) is 6.58. The molecule has 0 aliphatic carbocycles. The molecular formula is C16H12N2O2S. The molecule has 0 aliphatic heterocycles. The van der Waals surface area contributed by atoms with Crippen molar-refractivity contribution in [2.45, 2.75) is 11.8 Å². The summed E-state index contributed by atoms with van der Waals surface area (Å²) in [5.74, 6) is 0. The Bertz CT molecular complexity index is 965. The van der Waals surface area contributed by atoms with Crippen LogP contribution >= 0.6 is 0 Å². The lowest BCUT2D eigenvalue weighted by atomic mass is 10.1. The molecule has 104 valence electrons. The minimum Gasteiger partial charge on any atom is -0.241 e. The van der Waals surface area contributed by atoms with Crippen molar-refractivity contribution in [3.8, 4) is 6.07 Å². The number of hydrogen-bond acceptors (Lipinski definition) is 3. The van der Waals surface area contributed by atoms with Gasteiger partial charge in [0.15, 0.2) is 0 Å². The smallest absolute Gasteiger partial charge is 0.241 e. The number of nitriles is 1. The van der Waals surface area contributed by atoms with E-state index in [1.807, 2.05) is 6.92 Å². The molecular weight excluding hydrogens is 284 g/mol. The molecule has 3 rings (SSSR count). The molecule has 21 heavy (non-hydrogen) atoms. The summed E-state index contributed by atoms with van der Waals surface area (Å²) in [6.45, 7) is 1.86. The molecule has 0 radical (unpaired) electrons. The van der Waals surface area contributed by atoms with Crippen LogP contribution in [-0.4, -0.2) is 12.4 Å². The van der Waals surface area contributed by atoms with E-state index in [9.17, 15) is 8.42 Å². The van der Waals surface area contributed by atoms with E-state index in [2.05, 4.69) is 6.07 Å². The van der Waals surface area contributed by atoms with Gasteiger partial charge >= 0.3 is 0 Å². The predicted octanol–water partition coefficient (Wildman–Crippen LogP) is 3.06. The molecule has 0 saturated carbocycles. The molecule has 0 aliphatic rings. The Hall–Kier alpha value is -2.58. The molecule has 0 N–H and O–H groups in total. The van der Waals surface area contributed by atoms with E-state index in [1.54, 1.807) is 48.5 Å². The van der Waals surface area contributed by atoms with Gasteiger partial charge in [-0.25, -0.2) is 12.4 Å². The van der Waals surface area contributed by atoms with Crippen LogP contribution in [0, 0.1) is 18.3 Å². The molecule has 3 aromatic rings. The molecule has 0 saturated heterocycles. The fourth-order valence-corrected chi connectivity index (χ4v) is 3.74. The van der Waals surface area contributed by atoms with Crippen LogP contribution in [0.25, 0.3) is 10.9 Å². The number of benzene rings is 2. The van der Waals surface area contributed by atoms with Crippen LogP contribution in [0.2, 0.25) is 0 Å². The van der Waals surface area contributed by atoms with Crippen molar-refractivity contribution < 1.29 is 8.42 Å². The van der Waals surface area contributed by atoms with Gasteiger partial charge in [-0.3, -0.25) is 0 Å². The van der Waals surface area contributed by atoms with Crippen LogP contribution in [0.1, 0.15) is 11.1 Å².